The van der Waals surface area contributed by atoms with Crippen molar-refractivity contribution in [1.29, 1.82) is 0 Å². The largest absolute Gasteiger partial charge is 0.392 e. The van der Waals surface area contributed by atoms with Gasteiger partial charge in [-0.15, -0.1) is 0 Å². The van der Waals surface area contributed by atoms with Crippen LogP contribution in [-0.4, -0.2) is 16.6 Å². The van der Waals surface area contributed by atoms with E-state index in [1.54, 1.807) is 12.3 Å². The van der Waals surface area contributed by atoms with Crippen LogP contribution in [0, 0.1) is 6.92 Å². The number of aliphatic hydroxyl groups is 1. The Labute approximate surface area is 118 Å². The van der Waals surface area contributed by atoms with Crippen LogP contribution in [0.3, 0.4) is 0 Å². The molecule has 0 bridgehead atoms. The first kappa shape index (κ1) is 13.8. The molecule has 2 aromatic rings. The smallest absolute Gasteiger partial charge is 0.151 e. The zero-order chi connectivity index (χ0) is 13.8. The molecule has 2 rings (SSSR count). The van der Waals surface area contributed by atoms with Crippen molar-refractivity contribution in [3.63, 3.8) is 0 Å². The number of nitrogens with zero attached hydrogens (tertiary/aromatic N) is 2. The van der Waals surface area contributed by atoms with Gasteiger partial charge in [-0.2, -0.15) is 0 Å². The Balaban J connectivity index is 2.42. The summed E-state index contributed by atoms with van der Waals surface area (Å²) in [6.45, 7) is 4.83. The maximum Gasteiger partial charge on any atom is 0.151 e. The van der Waals surface area contributed by atoms with E-state index in [-0.39, 0.29) is 6.61 Å². The average molecular weight is 277 g/mol. The number of aryl methyl sites for hydroxylation is 1. The minimum atomic E-state index is -0.0520. The molecule has 3 nitrogen and oxygen atoms in total. The molecule has 100 valence electrons. The predicted octanol–water partition coefficient (Wildman–Crippen LogP) is 3.69. The monoisotopic (exact) mass is 276 g/mol. The van der Waals surface area contributed by atoms with Gasteiger partial charge in [-0.1, -0.05) is 23.7 Å². The van der Waals surface area contributed by atoms with Crippen molar-refractivity contribution in [3.05, 3.63) is 52.7 Å². The lowest BCUT2D eigenvalue weighted by atomic mass is 10.2. The van der Waals surface area contributed by atoms with Gasteiger partial charge < -0.3 is 10.0 Å². The van der Waals surface area contributed by atoms with Crippen LogP contribution in [0.25, 0.3) is 0 Å². The van der Waals surface area contributed by atoms with Crippen molar-refractivity contribution in [2.24, 2.45) is 0 Å². The molecule has 1 N–H and O–H groups in total. The van der Waals surface area contributed by atoms with Gasteiger partial charge >= 0.3 is 0 Å². The Kier molecular flexibility index (Phi) is 4.40. The van der Waals surface area contributed by atoms with Gasteiger partial charge in [-0.3, -0.25) is 0 Å². The molecular weight excluding hydrogens is 260 g/mol. The van der Waals surface area contributed by atoms with Gasteiger partial charge in [0.1, 0.15) is 0 Å². The van der Waals surface area contributed by atoms with Gasteiger partial charge in [0, 0.05) is 18.4 Å². The Hall–Kier alpha value is -1.58. The van der Waals surface area contributed by atoms with Crippen molar-refractivity contribution in [2.45, 2.75) is 20.5 Å². The molecule has 0 atom stereocenters. The lowest BCUT2D eigenvalue weighted by Gasteiger charge is -2.23. The van der Waals surface area contributed by atoms with Crippen LogP contribution in [-0.2, 0) is 6.61 Å². The number of benzene rings is 1. The van der Waals surface area contributed by atoms with Gasteiger partial charge in [0.15, 0.2) is 5.82 Å². The van der Waals surface area contributed by atoms with Crippen LogP contribution in [0.2, 0.25) is 5.02 Å². The van der Waals surface area contributed by atoms with E-state index >= 15 is 0 Å². The highest BCUT2D eigenvalue weighted by molar-refractivity contribution is 6.33. The molecule has 0 aliphatic carbocycles. The third kappa shape index (κ3) is 3.06. The maximum atomic E-state index is 9.09. The van der Waals surface area contributed by atoms with Gasteiger partial charge in [-0.05, 0) is 43.2 Å². The van der Waals surface area contributed by atoms with E-state index in [0.29, 0.717) is 16.4 Å². The molecule has 0 amide bonds. The molecule has 0 saturated heterocycles. The van der Waals surface area contributed by atoms with Gasteiger partial charge in [0.25, 0.3) is 0 Å². The lowest BCUT2D eigenvalue weighted by Crippen LogP contribution is -2.18. The van der Waals surface area contributed by atoms with Crippen LogP contribution in [0.5, 0.6) is 0 Å². The Morgan fingerprint density at radius 1 is 1.32 bits per heavy atom. The minimum Gasteiger partial charge on any atom is -0.392 e. The van der Waals surface area contributed by atoms with Crippen LogP contribution < -0.4 is 4.90 Å². The zero-order valence-electron chi connectivity index (χ0n) is 11.1. The molecule has 0 spiro atoms. The Morgan fingerprint density at radius 3 is 2.68 bits per heavy atom. The number of anilines is 2. The third-order valence-corrected chi connectivity index (χ3v) is 3.22. The fourth-order valence-corrected chi connectivity index (χ4v) is 2.30. The highest BCUT2D eigenvalue weighted by atomic mass is 35.5. The number of pyridine rings is 1. The molecule has 0 aliphatic heterocycles. The average Bonchev–Trinajstić information content (AvgIpc) is 2.41. The quantitative estimate of drug-likeness (QED) is 0.925. The van der Waals surface area contributed by atoms with Crippen molar-refractivity contribution >= 4 is 23.1 Å². The summed E-state index contributed by atoms with van der Waals surface area (Å²) >= 11 is 6.26. The van der Waals surface area contributed by atoms with Crippen LogP contribution >= 0.6 is 11.6 Å². The predicted molar refractivity (Wildman–Crippen MR) is 79.0 cm³/mol. The molecule has 1 aromatic heterocycles. The number of hydrogen-bond donors (Lipinski definition) is 1. The van der Waals surface area contributed by atoms with E-state index in [0.717, 1.165) is 12.2 Å². The van der Waals surface area contributed by atoms with Gasteiger partial charge in [0.2, 0.25) is 0 Å². The van der Waals surface area contributed by atoms with Gasteiger partial charge in [-0.25, -0.2) is 4.98 Å². The number of rotatable bonds is 4. The first-order valence-electron chi connectivity index (χ1n) is 6.25. The molecule has 0 radical (unpaired) electrons. The van der Waals surface area contributed by atoms with E-state index in [1.807, 2.05) is 12.1 Å². The Morgan fingerprint density at radius 2 is 2.11 bits per heavy atom. The summed E-state index contributed by atoms with van der Waals surface area (Å²) in [5.74, 6) is 0.715. The molecule has 0 aliphatic rings. The third-order valence-electron chi connectivity index (χ3n) is 2.95. The number of aliphatic hydroxyl groups excluding tert-OH is 1. The molecular formula is C15H17ClN2O. The van der Waals surface area contributed by atoms with Crippen molar-refractivity contribution in [3.8, 4) is 0 Å². The summed E-state index contributed by atoms with van der Waals surface area (Å²) in [5.41, 5.74) is 2.97. The summed E-state index contributed by atoms with van der Waals surface area (Å²) in [4.78, 5) is 6.41. The fourth-order valence-electron chi connectivity index (χ4n) is 2.01. The maximum absolute atomic E-state index is 9.09. The molecule has 19 heavy (non-hydrogen) atoms. The standard InChI is InChI=1S/C15H17ClN2O/c1-3-18(13-6-4-5-11(2)7-13)15-14(16)8-12(10-19)9-17-15/h4-9,19H,3,10H2,1-2H3. The summed E-state index contributed by atoms with van der Waals surface area (Å²) < 4.78 is 0. The summed E-state index contributed by atoms with van der Waals surface area (Å²) in [6.07, 6.45) is 1.65. The normalized spacial score (nSPS) is 10.5. The highest BCUT2D eigenvalue weighted by Crippen LogP contribution is 2.30. The fraction of sp³-hybridized carbons (Fsp3) is 0.267. The summed E-state index contributed by atoms with van der Waals surface area (Å²) in [7, 11) is 0. The Bertz CT molecular complexity index is 572. The lowest BCUT2D eigenvalue weighted by molar-refractivity contribution is 0.281. The summed E-state index contributed by atoms with van der Waals surface area (Å²) in [5, 5.41) is 9.64. The molecule has 0 saturated carbocycles. The van der Waals surface area contributed by atoms with E-state index in [1.165, 1.54) is 5.56 Å². The van der Waals surface area contributed by atoms with Gasteiger partial charge in [0.05, 0.1) is 11.6 Å². The zero-order valence-corrected chi connectivity index (χ0v) is 11.9. The first-order chi connectivity index (χ1) is 9.15. The highest BCUT2D eigenvalue weighted by Gasteiger charge is 2.13. The van der Waals surface area contributed by atoms with Crippen LogP contribution in [0.4, 0.5) is 11.5 Å². The molecule has 0 fully saturated rings. The molecule has 1 aromatic carbocycles. The second-order valence-corrected chi connectivity index (χ2v) is 4.80. The second kappa shape index (κ2) is 6.04. The van der Waals surface area contributed by atoms with Crippen LogP contribution in [0.15, 0.2) is 36.5 Å². The van der Waals surface area contributed by atoms with Crippen molar-refractivity contribution in [2.75, 3.05) is 11.4 Å². The SMILES string of the molecule is CCN(c1cccc(C)c1)c1ncc(CO)cc1Cl. The number of hydrogen-bond acceptors (Lipinski definition) is 3. The molecule has 4 heteroatoms. The number of halogens is 1. The molecule has 1 heterocycles. The van der Waals surface area contributed by atoms with Crippen LogP contribution in [0.1, 0.15) is 18.1 Å². The van der Waals surface area contributed by atoms with E-state index in [9.17, 15) is 0 Å². The topological polar surface area (TPSA) is 36.4 Å². The van der Waals surface area contributed by atoms with Crippen molar-refractivity contribution in [1.82, 2.24) is 4.98 Å². The summed E-state index contributed by atoms with van der Waals surface area (Å²) in [6, 6.07) is 9.96. The molecule has 0 unspecified atom stereocenters. The second-order valence-electron chi connectivity index (χ2n) is 4.39. The van der Waals surface area contributed by atoms with Crippen molar-refractivity contribution < 1.29 is 5.11 Å². The number of aromatic nitrogens is 1. The van der Waals surface area contributed by atoms with E-state index in [4.69, 9.17) is 16.7 Å². The minimum absolute atomic E-state index is 0.0520. The first-order valence-corrected chi connectivity index (χ1v) is 6.63. The van der Waals surface area contributed by atoms with E-state index in [2.05, 4.69) is 35.9 Å². The van der Waals surface area contributed by atoms with E-state index < -0.39 is 0 Å².